The van der Waals surface area contributed by atoms with Crippen molar-refractivity contribution < 1.29 is 14.3 Å². The van der Waals surface area contributed by atoms with E-state index in [0.717, 1.165) is 4.47 Å². The van der Waals surface area contributed by atoms with Gasteiger partial charge in [0.05, 0.1) is 14.2 Å². The van der Waals surface area contributed by atoms with Crippen molar-refractivity contribution in [2.24, 2.45) is 5.73 Å². The molecule has 0 bridgehead atoms. The monoisotopic (exact) mass is 287 g/mol. The third-order valence-corrected chi connectivity index (χ3v) is 2.58. The van der Waals surface area contributed by atoms with E-state index in [9.17, 15) is 4.79 Å². The first-order chi connectivity index (χ1) is 7.63. The van der Waals surface area contributed by atoms with Gasteiger partial charge in [-0.1, -0.05) is 15.9 Å². The van der Waals surface area contributed by atoms with E-state index in [-0.39, 0.29) is 12.2 Å². The molecular weight excluding hydrogens is 274 g/mol. The van der Waals surface area contributed by atoms with Gasteiger partial charge in [-0.05, 0) is 18.7 Å². The minimum Gasteiger partial charge on any atom is -0.496 e. The molecule has 0 atom stereocenters. The fourth-order valence-electron chi connectivity index (χ4n) is 1.41. The quantitative estimate of drug-likeness (QED) is 0.842. The molecule has 0 aromatic heterocycles. The molecule has 0 aliphatic heterocycles. The Kier molecular flexibility index (Phi) is 4.76. The summed E-state index contributed by atoms with van der Waals surface area (Å²) in [6.45, 7) is 0.307. The number of ketones is 1. The lowest BCUT2D eigenvalue weighted by Crippen LogP contribution is -2.10. The normalized spacial score (nSPS) is 10.0. The van der Waals surface area contributed by atoms with Crippen molar-refractivity contribution in [2.45, 2.75) is 6.42 Å². The minimum atomic E-state index is -0.0799. The van der Waals surface area contributed by atoms with E-state index in [2.05, 4.69) is 15.9 Å². The summed E-state index contributed by atoms with van der Waals surface area (Å²) in [5.41, 5.74) is 5.81. The van der Waals surface area contributed by atoms with E-state index in [1.54, 1.807) is 12.1 Å². The zero-order chi connectivity index (χ0) is 12.1. The van der Waals surface area contributed by atoms with Crippen molar-refractivity contribution in [3.63, 3.8) is 0 Å². The van der Waals surface area contributed by atoms with E-state index in [4.69, 9.17) is 15.2 Å². The second-order valence-corrected chi connectivity index (χ2v) is 4.06. The molecule has 0 saturated carbocycles. The van der Waals surface area contributed by atoms with E-state index in [1.165, 1.54) is 14.2 Å². The lowest BCUT2D eigenvalue weighted by molar-refractivity contribution is 0.0979. The fraction of sp³-hybridized carbons (Fsp3) is 0.364. The Balaban J connectivity index is 3.27. The number of methoxy groups -OCH3 is 2. The van der Waals surface area contributed by atoms with Crippen molar-refractivity contribution in [3.05, 3.63) is 22.2 Å². The van der Waals surface area contributed by atoms with Gasteiger partial charge in [-0.3, -0.25) is 4.79 Å². The maximum atomic E-state index is 11.9. The fourth-order valence-corrected chi connectivity index (χ4v) is 1.83. The molecule has 1 aromatic rings. The Morgan fingerprint density at radius 1 is 1.31 bits per heavy atom. The second kappa shape index (κ2) is 5.86. The zero-order valence-electron chi connectivity index (χ0n) is 9.25. The Bertz CT molecular complexity index is 368. The van der Waals surface area contributed by atoms with Crippen molar-refractivity contribution in [1.29, 1.82) is 0 Å². The minimum absolute atomic E-state index is 0.0799. The summed E-state index contributed by atoms with van der Waals surface area (Å²) >= 11 is 3.32. The van der Waals surface area contributed by atoms with Gasteiger partial charge >= 0.3 is 0 Å². The summed E-state index contributed by atoms with van der Waals surface area (Å²) < 4.78 is 11.1. The van der Waals surface area contributed by atoms with Gasteiger partial charge in [-0.15, -0.1) is 0 Å². The van der Waals surface area contributed by atoms with Crippen LogP contribution in [0.25, 0.3) is 0 Å². The standard InChI is InChI=1S/C11H14BrNO3/c1-15-9-5-7(12)6-10(16-2)11(9)8(14)3-4-13/h5-6H,3-4,13H2,1-2H3. The first-order valence-electron chi connectivity index (χ1n) is 4.78. The van der Waals surface area contributed by atoms with Crippen molar-refractivity contribution in [2.75, 3.05) is 20.8 Å². The summed E-state index contributed by atoms with van der Waals surface area (Å²) in [5, 5.41) is 0. The summed E-state index contributed by atoms with van der Waals surface area (Å²) in [5.74, 6) is 0.901. The lowest BCUT2D eigenvalue weighted by atomic mass is 10.1. The highest BCUT2D eigenvalue weighted by Crippen LogP contribution is 2.33. The summed E-state index contributed by atoms with van der Waals surface area (Å²) in [6.07, 6.45) is 0.272. The molecule has 1 aromatic carbocycles. The van der Waals surface area contributed by atoms with Crippen LogP contribution in [0.1, 0.15) is 16.8 Å². The largest absolute Gasteiger partial charge is 0.496 e. The van der Waals surface area contributed by atoms with E-state index < -0.39 is 0 Å². The summed E-state index contributed by atoms with van der Waals surface area (Å²) in [6, 6.07) is 3.46. The van der Waals surface area contributed by atoms with E-state index >= 15 is 0 Å². The third-order valence-electron chi connectivity index (χ3n) is 2.12. The highest BCUT2D eigenvalue weighted by molar-refractivity contribution is 9.10. The van der Waals surface area contributed by atoms with Crippen LogP contribution in [0.15, 0.2) is 16.6 Å². The lowest BCUT2D eigenvalue weighted by Gasteiger charge is -2.12. The molecule has 4 nitrogen and oxygen atoms in total. The Morgan fingerprint density at radius 3 is 2.19 bits per heavy atom. The molecule has 0 amide bonds. The molecule has 0 unspecified atom stereocenters. The average Bonchev–Trinajstić information content (AvgIpc) is 2.27. The first kappa shape index (κ1) is 13.0. The molecule has 0 heterocycles. The van der Waals surface area contributed by atoms with Gasteiger partial charge in [0, 0.05) is 10.9 Å². The number of hydrogen-bond donors (Lipinski definition) is 1. The molecule has 5 heteroatoms. The van der Waals surface area contributed by atoms with Crippen LogP contribution in [0.2, 0.25) is 0 Å². The van der Waals surface area contributed by atoms with E-state index in [1.807, 2.05) is 0 Å². The number of carbonyl (C=O) groups is 1. The van der Waals surface area contributed by atoms with Crippen LogP contribution in [-0.4, -0.2) is 26.5 Å². The number of carbonyl (C=O) groups excluding carboxylic acids is 1. The van der Waals surface area contributed by atoms with Gasteiger partial charge < -0.3 is 15.2 Å². The van der Waals surface area contributed by atoms with E-state index in [0.29, 0.717) is 23.6 Å². The van der Waals surface area contributed by atoms with Crippen LogP contribution in [0.3, 0.4) is 0 Å². The van der Waals surface area contributed by atoms with Crippen LogP contribution >= 0.6 is 15.9 Å². The van der Waals surface area contributed by atoms with Gasteiger partial charge in [0.2, 0.25) is 0 Å². The molecule has 16 heavy (non-hydrogen) atoms. The summed E-state index contributed by atoms with van der Waals surface area (Å²) in [7, 11) is 3.03. The Morgan fingerprint density at radius 2 is 1.81 bits per heavy atom. The predicted molar refractivity (Wildman–Crippen MR) is 65.2 cm³/mol. The highest BCUT2D eigenvalue weighted by Gasteiger charge is 2.18. The number of nitrogens with two attached hydrogens (primary N) is 1. The molecule has 0 radical (unpaired) electrons. The summed E-state index contributed by atoms with van der Waals surface area (Å²) in [4.78, 5) is 11.9. The highest BCUT2D eigenvalue weighted by atomic mass is 79.9. The van der Waals surface area contributed by atoms with Gasteiger partial charge in [0.1, 0.15) is 17.1 Å². The topological polar surface area (TPSA) is 61.5 Å². The number of ether oxygens (including phenoxy) is 2. The van der Waals surface area contributed by atoms with Crippen LogP contribution in [0.5, 0.6) is 11.5 Å². The van der Waals surface area contributed by atoms with Gasteiger partial charge in [-0.25, -0.2) is 0 Å². The maximum absolute atomic E-state index is 11.9. The second-order valence-electron chi connectivity index (χ2n) is 3.15. The van der Waals surface area contributed by atoms with Crippen molar-refractivity contribution in [3.8, 4) is 11.5 Å². The SMILES string of the molecule is COc1cc(Br)cc(OC)c1C(=O)CCN. The number of hydrogen-bond acceptors (Lipinski definition) is 4. The van der Waals surface area contributed by atoms with Crippen LogP contribution in [0, 0.1) is 0 Å². The van der Waals surface area contributed by atoms with Gasteiger partial charge in [0.15, 0.2) is 5.78 Å². The van der Waals surface area contributed by atoms with Crippen molar-refractivity contribution in [1.82, 2.24) is 0 Å². The number of halogens is 1. The molecule has 0 aliphatic rings. The number of Topliss-reactive ketones (excluding diaryl/α,β-unsaturated/α-hetero) is 1. The Hall–Kier alpha value is -1.07. The first-order valence-corrected chi connectivity index (χ1v) is 5.58. The number of benzene rings is 1. The molecule has 0 saturated heterocycles. The molecule has 0 spiro atoms. The third kappa shape index (κ3) is 2.74. The van der Waals surface area contributed by atoms with Crippen LogP contribution < -0.4 is 15.2 Å². The molecular formula is C11H14BrNO3. The van der Waals surface area contributed by atoms with Crippen LogP contribution in [-0.2, 0) is 0 Å². The van der Waals surface area contributed by atoms with Gasteiger partial charge in [0.25, 0.3) is 0 Å². The molecule has 0 aliphatic carbocycles. The predicted octanol–water partition coefficient (Wildman–Crippen LogP) is 2.00. The average molecular weight is 288 g/mol. The van der Waals surface area contributed by atoms with Crippen LogP contribution in [0.4, 0.5) is 0 Å². The molecule has 2 N–H and O–H groups in total. The smallest absolute Gasteiger partial charge is 0.171 e. The number of rotatable bonds is 5. The molecule has 88 valence electrons. The zero-order valence-corrected chi connectivity index (χ0v) is 10.8. The molecule has 1 rings (SSSR count). The maximum Gasteiger partial charge on any atom is 0.171 e. The van der Waals surface area contributed by atoms with Crippen molar-refractivity contribution >= 4 is 21.7 Å². The Labute approximate surface area is 103 Å². The van der Waals surface area contributed by atoms with Gasteiger partial charge in [-0.2, -0.15) is 0 Å². The molecule has 0 fully saturated rings.